The average Bonchev–Trinajstić information content (AvgIpc) is 3.66. The van der Waals surface area contributed by atoms with Crippen LogP contribution in [0.2, 0.25) is 0 Å². The summed E-state index contributed by atoms with van der Waals surface area (Å²) in [5.41, 5.74) is 3.42. The van der Waals surface area contributed by atoms with Gasteiger partial charge in [-0.1, -0.05) is 42.5 Å². The van der Waals surface area contributed by atoms with E-state index in [1.54, 1.807) is 19.2 Å². The van der Waals surface area contributed by atoms with Crippen molar-refractivity contribution in [2.75, 3.05) is 13.6 Å². The molecule has 5 nitrogen and oxygen atoms in total. The Balaban J connectivity index is 1.51. The number of rotatable bonds is 7. The molecule has 0 bridgehead atoms. The van der Waals surface area contributed by atoms with E-state index in [2.05, 4.69) is 14.8 Å². The molecule has 1 amide bonds. The lowest BCUT2D eigenvalue weighted by Gasteiger charge is -2.42. The molecule has 2 atom stereocenters. The highest BCUT2D eigenvalue weighted by Gasteiger charge is 2.41. The number of aromatic nitrogens is 2. The summed E-state index contributed by atoms with van der Waals surface area (Å²) in [5, 5.41) is 2.84. The number of hydrogen-bond acceptors (Lipinski definition) is 3. The molecule has 1 aliphatic carbocycles. The fraction of sp³-hybridized carbons (Fsp3) is 0.429. The number of nitrogens with zero attached hydrogens (tertiary/aromatic N) is 3. The minimum absolute atomic E-state index is 0.0709. The molecule has 2 heterocycles. The third-order valence-electron chi connectivity index (χ3n) is 7.42. The number of nitrogens with one attached hydrogen (secondary N) is 1. The predicted molar refractivity (Wildman–Crippen MR) is 131 cm³/mol. The van der Waals surface area contributed by atoms with Crippen LogP contribution in [-0.2, 0) is 23.9 Å². The van der Waals surface area contributed by atoms with Gasteiger partial charge in [-0.15, -0.1) is 0 Å². The van der Waals surface area contributed by atoms with Gasteiger partial charge in [0.2, 0.25) is 5.91 Å². The predicted octanol–water partition coefficient (Wildman–Crippen LogP) is 5.56. The Kier molecular flexibility index (Phi) is 6.64. The quantitative estimate of drug-likeness (QED) is 0.466. The van der Waals surface area contributed by atoms with Gasteiger partial charge in [0.15, 0.2) is 0 Å². The highest BCUT2D eigenvalue weighted by Crippen LogP contribution is 2.47. The second-order valence-corrected chi connectivity index (χ2v) is 9.77. The molecular formula is C28H31F3N4O. The van der Waals surface area contributed by atoms with Gasteiger partial charge in [-0.05, 0) is 55.9 Å². The Labute approximate surface area is 209 Å². The van der Waals surface area contributed by atoms with E-state index in [1.165, 1.54) is 0 Å². The molecule has 1 saturated carbocycles. The SMILES string of the molecule is CNC(=O)[C@@H](c1ccccc1)N1CCn2c(C)nc(C3CC3)c2[C@@H]1CCc1ccc(C(F)(F)F)cc1. The first-order valence-electron chi connectivity index (χ1n) is 12.5. The molecule has 3 aromatic rings. The number of likely N-dealkylation sites (N-methyl/N-ethyl adjacent to an activating group) is 1. The summed E-state index contributed by atoms with van der Waals surface area (Å²) >= 11 is 0. The molecule has 0 spiro atoms. The largest absolute Gasteiger partial charge is 0.416 e. The molecule has 1 N–H and O–H groups in total. The van der Waals surface area contributed by atoms with Gasteiger partial charge in [0.25, 0.3) is 0 Å². The van der Waals surface area contributed by atoms with E-state index in [-0.39, 0.29) is 11.9 Å². The minimum Gasteiger partial charge on any atom is -0.358 e. The van der Waals surface area contributed by atoms with Crippen molar-refractivity contribution in [2.24, 2.45) is 0 Å². The van der Waals surface area contributed by atoms with Gasteiger partial charge in [0.05, 0.1) is 23.0 Å². The van der Waals surface area contributed by atoms with Gasteiger partial charge in [0, 0.05) is 26.1 Å². The van der Waals surface area contributed by atoms with Crippen LogP contribution < -0.4 is 5.32 Å². The lowest BCUT2D eigenvalue weighted by Crippen LogP contribution is -2.46. The van der Waals surface area contributed by atoms with Gasteiger partial charge in [-0.3, -0.25) is 9.69 Å². The minimum atomic E-state index is -4.35. The van der Waals surface area contributed by atoms with Crippen LogP contribution in [0.15, 0.2) is 54.6 Å². The molecule has 2 aliphatic rings. The van der Waals surface area contributed by atoms with Crippen molar-refractivity contribution in [2.45, 2.75) is 63.3 Å². The van der Waals surface area contributed by atoms with Crippen molar-refractivity contribution in [3.8, 4) is 0 Å². The van der Waals surface area contributed by atoms with Gasteiger partial charge >= 0.3 is 6.18 Å². The molecule has 2 aromatic carbocycles. The maximum atomic E-state index is 13.2. The topological polar surface area (TPSA) is 50.2 Å². The van der Waals surface area contributed by atoms with Crippen molar-refractivity contribution >= 4 is 5.91 Å². The Hall–Kier alpha value is -3.13. The Bertz CT molecular complexity index is 1220. The lowest BCUT2D eigenvalue weighted by atomic mass is 9.93. The summed E-state index contributed by atoms with van der Waals surface area (Å²) in [6.45, 7) is 3.46. The molecule has 5 rings (SSSR count). The van der Waals surface area contributed by atoms with Crippen LogP contribution in [0.3, 0.4) is 0 Å². The summed E-state index contributed by atoms with van der Waals surface area (Å²) < 4.78 is 41.4. The first kappa shape index (κ1) is 24.6. The molecule has 1 aromatic heterocycles. The third-order valence-corrected chi connectivity index (χ3v) is 7.42. The number of imidazole rings is 1. The molecule has 0 radical (unpaired) electrons. The highest BCUT2D eigenvalue weighted by molar-refractivity contribution is 5.83. The number of halogens is 3. The van der Waals surface area contributed by atoms with Crippen molar-refractivity contribution in [1.82, 2.24) is 19.8 Å². The molecule has 36 heavy (non-hydrogen) atoms. The van der Waals surface area contributed by atoms with E-state index in [0.29, 0.717) is 25.3 Å². The molecule has 1 fully saturated rings. The van der Waals surface area contributed by atoms with E-state index < -0.39 is 17.8 Å². The van der Waals surface area contributed by atoms with Gasteiger partial charge < -0.3 is 9.88 Å². The van der Waals surface area contributed by atoms with Crippen LogP contribution in [0.25, 0.3) is 0 Å². The van der Waals surface area contributed by atoms with E-state index in [0.717, 1.165) is 59.9 Å². The van der Waals surface area contributed by atoms with Gasteiger partial charge in [-0.2, -0.15) is 13.2 Å². The fourth-order valence-electron chi connectivity index (χ4n) is 5.46. The van der Waals surface area contributed by atoms with Crippen molar-refractivity contribution in [3.63, 3.8) is 0 Å². The van der Waals surface area contributed by atoms with Crippen LogP contribution in [0.1, 0.15) is 71.2 Å². The number of alkyl halides is 3. The van der Waals surface area contributed by atoms with Crippen LogP contribution in [0.4, 0.5) is 13.2 Å². The van der Waals surface area contributed by atoms with Crippen LogP contribution in [0, 0.1) is 6.92 Å². The summed E-state index contributed by atoms with van der Waals surface area (Å²) in [6, 6.07) is 14.6. The van der Waals surface area contributed by atoms with Crippen molar-refractivity contribution in [1.29, 1.82) is 0 Å². The maximum absolute atomic E-state index is 13.2. The van der Waals surface area contributed by atoms with E-state index in [9.17, 15) is 18.0 Å². The van der Waals surface area contributed by atoms with E-state index >= 15 is 0 Å². The first-order valence-corrected chi connectivity index (χ1v) is 12.5. The molecular weight excluding hydrogens is 465 g/mol. The number of benzene rings is 2. The third kappa shape index (κ3) is 4.78. The number of hydrogen-bond donors (Lipinski definition) is 1. The van der Waals surface area contributed by atoms with Gasteiger partial charge in [0.1, 0.15) is 11.9 Å². The summed E-state index contributed by atoms with van der Waals surface area (Å²) in [7, 11) is 1.66. The average molecular weight is 497 g/mol. The van der Waals surface area contributed by atoms with E-state index in [4.69, 9.17) is 4.98 Å². The van der Waals surface area contributed by atoms with Crippen molar-refractivity contribution in [3.05, 3.63) is 88.5 Å². The van der Waals surface area contributed by atoms with Crippen molar-refractivity contribution < 1.29 is 18.0 Å². The molecule has 0 unspecified atom stereocenters. The van der Waals surface area contributed by atoms with Crippen LogP contribution in [0.5, 0.6) is 0 Å². The van der Waals surface area contributed by atoms with Crippen LogP contribution in [-0.4, -0.2) is 34.0 Å². The van der Waals surface area contributed by atoms with Crippen LogP contribution >= 0.6 is 0 Å². The Morgan fingerprint density at radius 2 is 1.78 bits per heavy atom. The number of aryl methyl sites for hydroxylation is 2. The second-order valence-electron chi connectivity index (χ2n) is 9.77. The zero-order valence-corrected chi connectivity index (χ0v) is 20.6. The first-order chi connectivity index (χ1) is 17.3. The zero-order valence-electron chi connectivity index (χ0n) is 20.6. The monoisotopic (exact) mass is 496 g/mol. The summed E-state index contributed by atoms with van der Waals surface area (Å²) in [4.78, 5) is 20.4. The number of carbonyl (C=O) groups is 1. The summed E-state index contributed by atoms with van der Waals surface area (Å²) in [6.07, 6.45) is -0.836. The standard InChI is InChI=1S/C28H31F3N4O/c1-18-33-24(20-11-12-20)26-23(15-10-19-8-13-22(14-9-19)28(29,30)31)35(17-16-34(18)26)25(27(36)32-2)21-6-4-3-5-7-21/h3-9,13-14,20,23,25H,10-12,15-17H2,1-2H3,(H,32,36)/t23-,25+/m0/s1. The van der Waals surface area contributed by atoms with Gasteiger partial charge in [-0.25, -0.2) is 4.98 Å². The second kappa shape index (κ2) is 9.73. The molecule has 1 aliphatic heterocycles. The summed E-state index contributed by atoms with van der Waals surface area (Å²) in [5.74, 6) is 1.37. The molecule has 190 valence electrons. The highest BCUT2D eigenvalue weighted by atomic mass is 19.4. The molecule has 8 heteroatoms. The normalized spacial score (nSPS) is 19.1. The number of carbonyl (C=O) groups excluding carboxylic acids is 1. The maximum Gasteiger partial charge on any atom is 0.416 e. The number of amides is 1. The zero-order chi connectivity index (χ0) is 25.4. The lowest BCUT2D eigenvalue weighted by molar-refractivity contribution is -0.137. The fourth-order valence-corrected chi connectivity index (χ4v) is 5.46. The molecule has 0 saturated heterocycles. The Morgan fingerprint density at radius 1 is 1.08 bits per heavy atom. The van der Waals surface area contributed by atoms with E-state index in [1.807, 2.05) is 37.3 Å². The Morgan fingerprint density at radius 3 is 2.39 bits per heavy atom. The number of fused-ring (bicyclic) bond motifs is 1. The smallest absolute Gasteiger partial charge is 0.358 e.